The van der Waals surface area contributed by atoms with Gasteiger partial charge >= 0.3 is 0 Å². The first kappa shape index (κ1) is 9.86. The number of nitrogens with two attached hydrogens (primary N) is 1. The maximum atomic E-state index is 5.91. The average molecular weight is 177 g/mol. The van der Waals surface area contributed by atoms with Crippen LogP contribution in [-0.2, 0) is 0 Å². The van der Waals surface area contributed by atoms with E-state index in [1.165, 1.54) is 0 Å². The summed E-state index contributed by atoms with van der Waals surface area (Å²) in [6.07, 6.45) is 2.51. The van der Waals surface area contributed by atoms with Crippen molar-refractivity contribution in [2.75, 3.05) is 0 Å². The summed E-state index contributed by atoms with van der Waals surface area (Å²) in [6.45, 7) is 7.64. The summed E-state index contributed by atoms with van der Waals surface area (Å²) in [7, 11) is 0. The number of aromatic nitrogens is 2. The number of hydrogen-bond acceptors (Lipinski definition) is 3. The first-order valence-corrected chi connectivity index (χ1v) is 4.29. The molecule has 1 atom stereocenters. The predicted octanol–water partition coefficient (Wildman–Crippen LogP) is 1.75. The summed E-state index contributed by atoms with van der Waals surface area (Å²) >= 11 is 0. The second kappa shape index (κ2) is 4.14. The van der Waals surface area contributed by atoms with Crippen LogP contribution in [0.4, 0.5) is 0 Å². The first-order chi connectivity index (χ1) is 6.09. The van der Waals surface area contributed by atoms with E-state index in [1.54, 1.807) is 6.20 Å². The van der Waals surface area contributed by atoms with Crippen molar-refractivity contribution in [2.24, 2.45) is 5.73 Å². The highest BCUT2D eigenvalue weighted by Crippen LogP contribution is 2.14. The Morgan fingerprint density at radius 2 is 2.38 bits per heavy atom. The third kappa shape index (κ3) is 2.95. The zero-order valence-corrected chi connectivity index (χ0v) is 8.12. The van der Waals surface area contributed by atoms with E-state index in [0.29, 0.717) is 0 Å². The van der Waals surface area contributed by atoms with Crippen molar-refractivity contribution in [3.63, 3.8) is 0 Å². The minimum atomic E-state index is -0.0563. The molecule has 3 nitrogen and oxygen atoms in total. The Bertz CT molecular complexity index is 307. The Hall–Kier alpha value is -1.22. The van der Waals surface area contributed by atoms with Gasteiger partial charge in [-0.25, -0.2) is 9.97 Å². The molecule has 1 unspecified atom stereocenters. The van der Waals surface area contributed by atoms with Gasteiger partial charge in [0.25, 0.3) is 0 Å². The second-order valence-electron chi connectivity index (χ2n) is 3.30. The van der Waals surface area contributed by atoms with E-state index in [1.807, 2.05) is 19.9 Å². The Morgan fingerprint density at radius 1 is 1.69 bits per heavy atom. The molecule has 70 valence electrons. The Labute approximate surface area is 78.7 Å². The van der Waals surface area contributed by atoms with E-state index in [9.17, 15) is 0 Å². The molecule has 0 bridgehead atoms. The lowest BCUT2D eigenvalue weighted by atomic mass is 10.1. The van der Waals surface area contributed by atoms with Crippen molar-refractivity contribution >= 4 is 0 Å². The van der Waals surface area contributed by atoms with Crippen LogP contribution in [-0.4, -0.2) is 9.97 Å². The molecule has 0 aliphatic rings. The van der Waals surface area contributed by atoms with Crippen LogP contribution in [0.2, 0.25) is 0 Å². The fourth-order valence-electron chi connectivity index (χ4n) is 1.16. The highest BCUT2D eigenvalue weighted by molar-refractivity contribution is 5.09. The van der Waals surface area contributed by atoms with Crippen LogP contribution in [0.3, 0.4) is 0 Å². The van der Waals surface area contributed by atoms with E-state index in [0.717, 1.165) is 23.5 Å². The SMILES string of the molecule is C=C(C)CC(N)c1ccnc(C)n1. The molecule has 0 amide bonds. The molecule has 13 heavy (non-hydrogen) atoms. The van der Waals surface area contributed by atoms with Crippen molar-refractivity contribution < 1.29 is 0 Å². The maximum absolute atomic E-state index is 5.91. The smallest absolute Gasteiger partial charge is 0.125 e. The molecule has 0 spiro atoms. The van der Waals surface area contributed by atoms with Gasteiger partial charge < -0.3 is 5.73 Å². The molecule has 1 heterocycles. The van der Waals surface area contributed by atoms with Crippen molar-refractivity contribution in [3.05, 3.63) is 35.9 Å². The molecule has 3 heteroatoms. The van der Waals surface area contributed by atoms with Gasteiger partial charge in [-0.2, -0.15) is 0 Å². The van der Waals surface area contributed by atoms with Crippen LogP contribution in [0.5, 0.6) is 0 Å². The summed E-state index contributed by atoms with van der Waals surface area (Å²) in [5.41, 5.74) is 7.87. The fourth-order valence-corrected chi connectivity index (χ4v) is 1.16. The van der Waals surface area contributed by atoms with Crippen LogP contribution in [0.15, 0.2) is 24.4 Å². The van der Waals surface area contributed by atoms with Gasteiger partial charge in [0.15, 0.2) is 0 Å². The Balaban J connectivity index is 2.76. The van der Waals surface area contributed by atoms with Gasteiger partial charge in [0.05, 0.1) is 11.7 Å². The van der Waals surface area contributed by atoms with Gasteiger partial charge in [0, 0.05) is 6.20 Å². The molecule has 0 aliphatic heterocycles. The lowest BCUT2D eigenvalue weighted by molar-refractivity contribution is 0.684. The summed E-state index contributed by atoms with van der Waals surface area (Å²) in [5, 5.41) is 0. The molecule has 2 N–H and O–H groups in total. The van der Waals surface area contributed by atoms with Gasteiger partial charge in [0.1, 0.15) is 5.82 Å². The molecule has 0 saturated carbocycles. The largest absolute Gasteiger partial charge is 0.322 e. The summed E-state index contributed by atoms with van der Waals surface area (Å²) in [6, 6.07) is 1.79. The highest BCUT2D eigenvalue weighted by atomic mass is 14.9. The van der Waals surface area contributed by atoms with E-state index in [-0.39, 0.29) is 6.04 Å². The van der Waals surface area contributed by atoms with E-state index in [4.69, 9.17) is 5.73 Å². The van der Waals surface area contributed by atoms with Gasteiger partial charge in [-0.1, -0.05) is 5.57 Å². The molecule has 0 aromatic carbocycles. The fraction of sp³-hybridized carbons (Fsp3) is 0.400. The third-order valence-corrected chi connectivity index (χ3v) is 1.75. The topological polar surface area (TPSA) is 51.8 Å². The lowest BCUT2D eigenvalue weighted by Crippen LogP contribution is -2.13. The number of aryl methyl sites for hydroxylation is 1. The number of hydrogen-bond donors (Lipinski definition) is 1. The molecular weight excluding hydrogens is 162 g/mol. The maximum Gasteiger partial charge on any atom is 0.125 e. The van der Waals surface area contributed by atoms with E-state index in [2.05, 4.69) is 16.5 Å². The standard InChI is InChI=1S/C10H15N3/c1-7(2)6-9(11)10-4-5-12-8(3)13-10/h4-5,9H,1,6,11H2,2-3H3. The second-order valence-corrected chi connectivity index (χ2v) is 3.30. The highest BCUT2D eigenvalue weighted by Gasteiger charge is 2.07. The first-order valence-electron chi connectivity index (χ1n) is 4.29. The summed E-state index contributed by atoms with van der Waals surface area (Å²) in [5.74, 6) is 0.759. The Kier molecular flexibility index (Phi) is 3.14. The van der Waals surface area contributed by atoms with Crippen LogP contribution in [0.1, 0.15) is 30.9 Å². The van der Waals surface area contributed by atoms with E-state index < -0.39 is 0 Å². The number of nitrogens with zero attached hydrogens (tertiary/aromatic N) is 2. The van der Waals surface area contributed by atoms with Gasteiger partial charge in [-0.05, 0) is 26.3 Å². The quantitative estimate of drug-likeness (QED) is 0.715. The minimum Gasteiger partial charge on any atom is -0.322 e. The molecule has 1 aromatic heterocycles. The monoisotopic (exact) mass is 177 g/mol. The van der Waals surface area contributed by atoms with E-state index >= 15 is 0 Å². The lowest BCUT2D eigenvalue weighted by Gasteiger charge is -2.10. The molecule has 1 rings (SSSR count). The van der Waals surface area contributed by atoms with Gasteiger partial charge in [-0.3, -0.25) is 0 Å². The summed E-state index contributed by atoms with van der Waals surface area (Å²) in [4.78, 5) is 8.26. The minimum absolute atomic E-state index is 0.0563. The molecule has 1 aromatic rings. The predicted molar refractivity (Wildman–Crippen MR) is 53.1 cm³/mol. The molecule has 0 radical (unpaired) electrons. The normalized spacial score (nSPS) is 12.5. The molecular formula is C10H15N3. The van der Waals surface area contributed by atoms with Crippen molar-refractivity contribution in [2.45, 2.75) is 26.3 Å². The van der Waals surface area contributed by atoms with Gasteiger partial charge in [0.2, 0.25) is 0 Å². The molecule has 0 fully saturated rings. The Morgan fingerprint density at radius 3 is 2.92 bits per heavy atom. The summed E-state index contributed by atoms with van der Waals surface area (Å²) < 4.78 is 0. The van der Waals surface area contributed by atoms with Crippen LogP contribution >= 0.6 is 0 Å². The average Bonchev–Trinajstić information content (AvgIpc) is 2.03. The van der Waals surface area contributed by atoms with Crippen molar-refractivity contribution in [1.29, 1.82) is 0 Å². The zero-order valence-electron chi connectivity index (χ0n) is 8.12. The van der Waals surface area contributed by atoms with Crippen molar-refractivity contribution in [1.82, 2.24) is 9.97 Å². The van der Waals surface area contributed by atoms with Crippen LogP contribution < -0.4 is 5.73 Å². The van der Waals surface area contributed by atoms with Crippen molar-refractivity contribution in [3.8, 4) is 0 Å². The van der Waals surface area contributed by atoms with Gasteiger partial charge in [-0.15, -0.1) is 6.58 Å². The van der Waals surface area contributed by atoms with Crippen LogP contribution in [0, 0.1) is 6.92 Å². The van der Waals surface area contributed by atoms with Crippen LogP contribution in [0.25, 0.3) is 0 Å². The molecule has 0 aliphatic carbocycles. The zero-order chi connectivity index (χ0) is 9.84. The third-order valence-electron chi connectivity index (χ3n) is 1.75. The molecule has 0 saturated heterocycles. The number of rotatable bonds is 3.